The van der Waals surface area contributed by atoms with E-state index in [9.17, 15) is 20.2 Å². The van der Waals surface area contributed by atoms with Gasteiger partial charge in [-0.15, -0.1) is 0 Å². The first-order valence-corrected chi connectivity index (χ1v) is 8.29. The summed E-state index contributed by atoms with van der Waals surface area (Å²) in [6, 6.07) is 13.9. The van der Waals surface area contributed by atoms with Gasteiger partial charge in [-0.1, -0.05) is 6.07 Å². The minimum Gasteiger partial charge on any atom is -0.368 e. The van der Waals surface area contributed by atoms with E-state index in [0.717, 1.165) is 11.4 Å². The first-order chi connectivity index (χ1) is 12.5. The van der Waals surface area contributed by atoms with E-state index in [1.807, 2.05) is 6.07 Å². The largest absolute Gasteiger partial charge is 0.368 e. The summed E-state index contributed by atoms with van der Waals surface area (Å²) in [6.45, 7) is 4.19. The summed E-state index contributed by atoms with van der Waals surface area (Å²) < 4.78 is 0. The van der Waals surface area contributed by atoms with Gasteiger partial charge in [0.05, 0.1) is 16.2 Å². The Hall–Kier alpha value is -3.40. The standard InChI is InChI=1S/C19H18N4O3/c1-14(24)15-5-6-16(13-20)19(11-15)22-9-7-21(8-10-22)17-3-2-4-18(12-17)23(25)26/h2-6,11-12H,7-10H2,1H3. The zero-order valence-electron chi connectivity index (χ0n) is 14.4. The lowest BCUT2D eigenvalue weighted by Crippen LogP contribution is -2.46. The summed E-state index contributed by atoms with van der Waals surface area (Å²) >= 11 is 0. The summed E-state index contributed by atoms with van der Waals surface area (Å²) in [4.78, 5) is 26.4. The van der Waals surface area contributed by atoms with Crippen LogP contribution in [0, 0.1) is 21.4 Å². The van der Waals surface area contributed by atoms with Crippen molar-refractivity contribution in [3.8, 4) is 6.07 Å². The number of non-ortho nitro benzene ring substituents is 1. The number of hydrogen-bond acceptors (Lipinski definition) is 6. The van der Waals surface area contributed by atoms with Crippen molar-refractivity contribution >= 4 is 22.8 Å². The van der Waals surface area contributed by atoms with Crippen molar-refractivity contribution < 1.29 is 9.72 Å². The molecule has 0 bridgehead atoms. The van der Waals surface area contributed by atoms with E-state index in [1.54, 1.807) is 30.3 Å². The summed E-state index contributed by atoms with van der Waals surface area (Å²) in [5, 5.41) is 20.3. The molecule has 0 aromatic heterocycles. The highest BCUT2D eigenvalue weighted by molar-refractivity contribution is 5.95. The van der Waals surface area contributed by atoms with Crippen LogP contribution < -0.4 is 9.80 Å². The topological polar surface area (TPSA) is 90.5 Å². The highest BCUT2D eigenvalue weighted by atomic mass is 16.6. The van der Waals surface area contributed by atoms with Gasteiger partial charge in [0.2, 0.25) is 0 Å². The number of piperazine rings is 1. The predicted molar refractivity (Wildman–Crippen MR) is 98.7 cm³/mol. The fourth-order valence-corrected chi connectivity index (χ4v) is 3.12. The third kappa shape index (κ3) is 3.49. The number of nitro groups is 1. The number of carbonyl (C=O) groups is 1. The Morgan fingerprint density at radius 1 is 1.12 bits per heavy atom. The molecule has 7 nitrogen and oxygen atoms in total. The summed E-state index contributed by atoms with van der Waals surface area (Å²) in [7, 11) is 0. The van der Waals surface area contributed by atoms with Gasteiger partial charge in [0.1, 0.15) is 6.07 Å². The molecule has 3 rings (SSSR count). The van der Waals surface area contributed by atoms with Crippen LogP contribution in [-0.2, 0) is 0 Å². The zero-order valence-corrected chi connectivity index (χ0v) is 14.4. The van der Waals surface area contributed by atoms with Gasteiger partial charge in [0, 0.05) is 49.6 Å². The first-order valence-electron chi connectivity index (χ1n) is 8.29. The number of nitro benzene ring substituents is 1. The molecule has 1 aliphatic heterocycles. The van der Waals surface area contributed by atoms with Crippen molar-refractivity contribution in [1.82, 2.24) is 0 Å². The van der Waals surface area contributed by atoms with Crippen molar-refractivity contribution in [2.24, 2.45) is 0 Å². The average Bonchev–Trinajstić information content (AvgIpc) is 2.67. The molecular weight excluding hydrogens is 332 g/mol. The number of benzene rings is 2. The van der Waals surface area contributed by atoms with Crippen molar-refractivity contribution in [3.05, 3.63) is 63.7 Å². The molecule has 0 radical (unpaired) electrons. The van der Waals surface area contributed by atoms with E-state index in [-0.39, 0.29) is 11.5 Å². The molecule has 0 saturated carbocycles. The molecular formula is C19H18N4O3. The monoisotopic (exact) mass is 350 g/mol. The highest BCUT2D eigenvalue weighted by Crippen LogP contribution is 2.26. The molecule has 1 fully saturated rings. The zero-order chi connectivity index (χ0) is 18.7. The lowest BCUT2D eigenvalue weighted by Gasteiger charge is -2.37. The number of nitriles is 1. The summed E-state index contributed by atoms with van der Waals surface area (Å²) in [5.74, 6) is -0.0361. The molecule has 0 amide bonds. The normalized spacial score (nSPS) is 14.0. The van der Waals surface area contributed by atoms with E-state index in [4.69, 9.17) is 0 Å². The number of Topliss-reactive ketones (excluding diaryl/α,β-unsaturated/α-hetero) is 1. The molecule has 0 aliphatic carbocycles. The van der Waals surface area contributed by atoms with E-state index >= 15 is 0 Å². The van der Waals surface area contributed by atoms with Crippen LogP contribution in [0.15, 0.2) is 42.5 Å². The average molecular weight is 350 g/mol. The maximum absolute atomic E-state index is 11.6. The minimum atomic E-state index is -0.397. The Morgan fingerprint density at radius 2 is 1.81 bits per heavy atom. The highest BCUT2D eigenvalue weighted by Gasteiger charge is 2.21. The van der Waals surface area contributed by atoms with Crippen molar-refractivity contribution in [1.29, 1.82) is 5.26 Å². The first kappa shape index (κ1) is 17.4. The van der Waals surface area contributed by atoms with Gasteiger partial charge in [-0.05, 0) is 31.2 Å². The van der Waals surface area contributed by atoms with Crippen molar-refractivity contribution in [2.45, 2.75) is 6.92 Å². The SMILES string of the molecule is CC(=O)c1ccc(C#N)c(N2CCN(c3cccc([N+](=O)[O-])c3)CC2)c1. The van der Waals surface area contributed by atoms with Crippen LogP contribution in [0.3, 0.4) is 0 Å². The number of anilines is 2. The number of nitrogens with zero attached hydrogens (tertiary/aromatic N) is 4. The second-order valence-electron chi connectivity index (χ2n) is 6.15. The van der Waals surface area contributed by atoms with Gasteiger partial charge in [0.25, 0.3) is 5.69 Å². The number of rotatable bonds is 4. The van der Waals surface area contributed by atoms with Crippen LogP contribution in [0.4, 0.5) is 17.1 Å². The quantitative estimate of drug-likeness (QED) is 0.478. The Bertz CT molecular complexity index is 896. The molecule has 0 N–H and O–H groups in total. The van der Waals surface area contributed by atoms with Gasteiger partial charge >= 0.3 is 0 Å². The third-order valence-electron chi connectivity index (χ3n) is 4.55. The Kier molecular flexibility index (Phi) is 4.85. The summed E-state index contributed by atoms with van der Waals surface area (Å²) in [5.41, 5.74) is 2.78. The van der Waals surface area contributed by atoms with Gasteiger partial charge in [-0.2, -0.15) is 5.26 Å². The van der Waals surface area contributed by atoms with E-state index in [1.165, 1.54) is 13.0 Å². The molecule has 0 atom stereocenters. The number of hydrogen-bond donors (Lipinski definition) is 0. The molecule has 2 aromatic rings. The second-order valence-corrected chi connectivity index (χ2v) is 6.15. The second kappa shape index (κ2) is 7.23. The van der Waals surface area contributed by atoms with E-state index in [2.05, 4.69) is 15.9 Å². The molecule has 0 unspecified atom stereocenters. The van der Waals surface area contributed by atoms with Crippen LogP contribution in [0.1, 0.15) is 22.8 Å². The molecule has 132 valence electrons. The Morgan fingerprint density at radius 3 is 2.42 bits per heavy atom. The Balaban J connectivity index is 1.78. The molecule has 7 heteroatoms. The van der Waals surface area contributed by atoms with E-state index < -0.39 is 4.92 Å². The van der Waals surface area contributed by atoms with E-state index in [0.29, 0.717) is 37.3 Å². The van der Waals surface area contributed by atoms with Gasteiger partial charge < -0.3 is 9.80 Å². The van der Waals surface area contributed by atoms with Crippen LogP contribution >= 0.6 is 0 Å². The van der Waals surface area contributed by atoms with Crippen LogP contribution in [0.25, 0.3) is 0 Å². The maximum Gasteiger partial charge on any atom is 0.271 e. The smallest absolute Gasteiger partial charge is 0.271 e. The van der Waals surface area contributed by atoms with Crippen molar-refractivity contribution in [3.63, 3.8) is 0 Å². The van der Waals surface area contributed by atoms with Crippen LogP contribution in [-0.4, -0.2) is 36.9 Å². The molecule has 2 aromatic carbocycles. The fourth-order valence-electron chi connectivity index (χ4n) is 3.12. The van der Waals surface area contributed by atoms with Gasteiger partial charge in [-0.25, -0.2) is 0 Å². The Labute approximate surface area is 151 Å². The van der Waals surface area contributed by atoms with Gasteiger partial charge in [0.15, 0.2) is 5.78 Å². The van der Waals surface area contributed by atoms with Gasteiger partial charge in [-0.3, -0.25) is 14.9 Å². The minimum absolute atomic E-state index is 0.0361. The maximum atomic E-state index is 11.6. The van der Waals surface area contributed by atoms with Crippen LogP contribution in [0.5, 0.6) is 0 Å². The molecule has 0 spiro atoms. The lowest BCUT2D eigenvalue weighted by molar-refractivity contribution is -0.384. The lowest BCUT2D eigenvalue weighted by atomic mass is 10.1. The van der Waals surface area contributed by atoms with Crippen molar-refractivity contribution in [2.75, 3.05) is 36.0 Å². The number of ketones is 1. The molecule has 1 aliphatic rings. The number of carbonyl (C=O) groups excluding carboxylic acids is 1. The molecule has 1 heterocycles. The third-order valence-corrected chi connectivity index (χ3v) is 4.55. The van der Waals surface area contributed by atoms with Crippen LogP contribution in [0.2, 0.25) is 0 Å². The fraction of sp³-hybridized carbons (Fsp3) is 0.263. The predicted octanol–water partition coefficient (Wildman–Crippen LogP) is 3.00. The summed E-state index contributed by atoms with van der Waals surface area (Å²) in [6.07, 6.45) is 0. The molecule has 1 saturated heterocycles. The molecule has 26 heavy (non-hydrogen) atoms.